The van der Waals surface area contributed by atoms with Crippen molar-refractivity contribution in [2.45, 2.75) is 52.2 Å². The van der Waals surface area contributed by atoms with E-state index in [0.29, 0.717) is 0 Å². The minimum atomic E-state index is 0.234. The van der Waals surface area contributed by atoms with E-state index in [0.717, 1.165) is 26.3 Å². The van der Waals surface area contributed by atoms with E-state index in [1.807, 2.05) is 0 Å². The minimum absolute atomic E-state index is 0.234. The molecule has 2 rings (SSSR count). The van der Waals surface area contributed by atoms with Crippen LogP contribution in [0.5, 0.6) is 0 Å². The van der Waals surface area contributed by atoms with E-state index in [-0.39, 0.29) is 5.41 Å². The SMILES string of the molecule is CCCNCCC(C)(C)c1ccc2c(c1)COC2. The maximum Gasteiger partial charge on any atom is 0.0725 e. The summed E-state index contributed by atoms with van der Waals surface area (Å²) in [5.41, 5.74) is 4.41. The lowest BCUT2D eigenvalue weighted by Gasteiger charge is -2.26. The predicted octanol–water partition coefficient (Wildman–Crippen LogP) is 3.38. The second-order valence-electron chi connectivity index (χ2n) is 5.86. The zero-order valence-corrected chi connectivity index (χ0v) is 11.9. The number of nitrogens with one attached hydrogen (secondary N) is 1. The van der Waals surface area contributed by atoms with Gasteiger partial charge in [0.1, 0.15) is 0 Å². The molecule has 0 fully saturated rings. The van der Waals surface area contributed by atoms with E-state index in [1.54, 1.807) is 0 Å². The molecule has 0 amide bonds. The Labute approximate surface area is 111 Å². The molecule has 0 saturated carbocycles. The van der Waals surface area contributed by atoms with Gasteiger partial charge in [0.2, 0.25) is 0 Å². The van der Waals surface area contributed by atoms with Gasteiger partial charge in [-0.2, -0.15) is 0 Å². The van der Waals surface area contributed by atoms with Crippen LogP contribution in [0, 0.1) is 0 Å². The van der Waals surface area contributed by atoms with Crippen LogP contribution in [0.3, 0.4) is 0 Å². The summed E-state index contributed by atoms with van der Waals surface area (Å²) in [7, 11) is 0. The maximum atomic E-state index is 5.48. The van der Waals surface area contributed by atoms with Crippen LogP contribution >= 0.6 is 0 Å². The van der Waals surface area contributed by atoms with Crippen molar-refractivity contribution < 1.29 is 4.74 Å². The lowest BCUT2D eigenvalue weighted by Crippen LogP contribution is -2.26. The Hall–Kier alpha value is -0.860. The smallest absolute Gasteiger partial charge is 0.0725 e. The fourth-order valence-corrected chi connectivity index (χ4v) is 2.44. The van der Waals surface area contributed by atoms with Gasteiger partial charge in [-0.15, -0.1) is 0 Å². The van der Waals surface area contributed by atoms with Crippen LogP contribution in [0.4, 0.5) is 0 Å². The summed E-state index contributed by atoms with van der Waals surface area (Å²) < 4.78 is 5.48. The molecule has 0 aromatic heterocycles. The molecule has 1 aliphatic rings. The number of rotatable bonds is 6. The molecule has 0 atom stereocenters. The van der Waals surface area contributed by atoms with Crippen molar-refractivity contribution in [1.29, 1.82) is 0 Å². The molecule has 0 spiro atoms. The molecule has 1 aromatic carbocycles. The number of benzene rings is 1. The van der Waals surface area contributed by atoms with Crippen LogP contribution in [-0.4, -0.2) is 13.1 Å². The summed E-state index contributed by atoms with van der Waals surface area (Å²) in [4.78, 5) is 0. The first-order valence-electron chi connectivity index (χ1n) is 7.04. The number of hydrogen-bond donors (Lipinski definition) is 1. The van der Waals surface area contributed by atoms with Gasteiger partial charge in [0.05, 0.1) is 13.2 Å². The highest BCUT2D eigenvalue weighted by Gasteiger charge is 2.22. The molecular weight excluding hydrogens is 222 g/mol. The van der Waals surface area contributed by atoms with Gasteiger partial charge < -0.3 is 10.1 Å². The van der Waals surface area contributed by atoms with Crippen molar-refractivity contribution >= 4 is 0 Å². The average Bonchev–Trinajstić information content (AvgIpc) is 2.82. The molecule has 1 N–H and O–H groups in total. The second-order valence-corrected chi connectivity index (χ2v) is 5.86. The van der Waals surface area contributed by atoms with E-state index in [1.165, 1.54) is 29.5 Å². The predicted molar refractivity (Wildman–Crippen MR) is 75.7 cm³/mol. The monoisotopic (exact) mass is 247 g/mol. The molecule has 100 valence electrons. The van der Waals surface area contributed by atoms with Gasteiger partial charge in [-0.1, -0.05) is 39.0 Å². The molecule has 0 aliphatic carbocycles. The third-order valence-corrected chi connectivity index (χ3v) is 3.86. The largest absolute Gasteiger partial charge is 0.372 e. The fraction of sp³-hybridized carbons (Fsp3) is 0.625. The van der Waals surface area contributed by atoms with Gasteiger partial charge in [-0.05, 0) is 48.0 Å². The first-order valence-corrected chi connectivity index (χ1v) is 7.04. The summed E-state index contributed by atoms with van der Waals surface area (Å²) >= 11 is 0. The lowest BCUT2D eigenvalue weighted by atomic mass is 9.80. The van der Waals surface area contributed by atoms with Gasteiger partial charge in [-0.25, -0.2) is 0 Å². The molecule has 0 bridgehead atoms. The van der Waals surface area contributed by atoms with Crippen molar-refractivity contribution in [3.63, 3.8) is 0 Å². The molecule has 2 heteroatoms. The maximum absolute atomic E-state index is 5.48. The van der Waals surface area contributed by atoms with Gasteiger partial charge in [0, 0.05) is 0 Å². The minimum Gasteiger partial charge on any atom is -0.372 e. The highest BCUT2D eigenvalue weighted by Crippen LogP contribution is 2.30. The first-order chi connectivity index (χ1) is 8.63. The van der Waals surface area contributed by atoms with Crippen molar-refractivity contribution in [2.75, 3.05) is 13.1 Å². The Bertz CT molecular complexity index is 398. The molecule has 18 heavy (non-hydrogen) atoms. The Kier molecular flexibility index (Phi) is 4.41. The first kappa shape index (κ1) is 13.6. The molecule has 0 unspecified atom stereocenters. The van der Waals surface area contributed by atoms with Crippen LogP contribution in [0.15, 0.2) is 18.2 Å². The van der Waals surface area contributed by atoms with Gasteiger partial charge in [0.25, 0.3) is 0 Å². The number of fused-ring (bicyclic) bond motifs is 1. The van der Waals surface area contributed by atoms with Crippen molar-refractivity contribution in [2.24, 2.45) is 0 Å². The third kappa shape index (κ3) is 3.12. The van der Waals surface area contributed by atoms with E-state index >= 15 is 0 Å². The van der Waals surface area contributed by atoms with E-state index in [9.17, 15) is 0 Å². The fourth-order valence-electron chi connectivity index (χ4n) is 2.44. The highest BCUT2D eigenvalue weighted by atomic mass is 16.5. The van der Waals surface area contributed by atoms with Crippen molar-refractivity contribution in [3.8, 4) is 0 Å². The molecule has 2 nitrogen and oxygen atoms in total. The normalized spacial score (nSPS) is 14.8. The summed E-state index contributed by atoms with van der Waals surface area (Å²) in [5.74, 6) is 0. The molecular formula is C16H25NO. The van der Waals surface area contributed by atoms with Gasteiger partial charge in [-0.3, -0.25) is 0 Å². The summed E-state index contributed by atoms with van der Waals surface area (Å²) in [6.45, 7) is 10.7. The Morgan fingerprint density at radius 3 is 2.72 bits per heavy atom. The Balaban J connectivity index is 2.00. The van der Waals surface area contributed by atoms with Crippen LogP contribution in [-0.2, 0) is 23.4 Å². The molecule has 1 heterocycles. The van der Waals surface area contributed by atoms with Crippen molar-refractivity contribution in [1.82, 2.24) is 5.32 Å². The summed E-state index contributed by atoms with van der Waals surface area (Å²) in [6, 6.07) is 6.84. The van der Waals surface area contributed by atoms with E-state index in [4.69, 9.17) is 4.74 Å². The Morgan fingerprint density at radius 2 is 1.94 bits per heavy atom. The number of ether oxygens (including phenoxy) is 1. The molecule has 0 saturated heterocycles. The van der Waals surface area contributed by atoms with Gasteiger partial charge >= 0.3 is 0 Å². The average molecular weight is 247 g/mol. The van der Waals surface area contributed by atoms with Crippen LogP contribution in [0.25, 0.3) is 0 Å². The highest BCUT2D eigenvalue weighted by molar-refractivity contribution is 5.36. The van der Waals surface area contributed by atoms with E-state index < -0.39 is 0 Å². The van der Waals surface area contributed by atoms with Crippen LogP contribution < -0.4 is 5.32 Å². The standard InChI is InChI=1S/C16H25NO/c1-4-8-17-9-7-16(2,3)15-6-5-13-11-18-12-14(13)10-15/h5-6,10,17H,4,7-9,11-12H2,1-3H3. The topological polar surface area (TPSA) is 21.3 Å². The Morgan fingerprint density at radius 1 is 1.17 bits per heavy atom. The molecule has 0 radical (unpaired) electrons. The van der Waals surface area contributed by atoms with Crippen molar-refractivity contribution in [3.05, 3.63) is 34.9 Å². The van der Waals surface area contributed by atoms with Gasteiger partial charge in [0.15, 0.2) is 0 Å². The zero-order chi connectivity index (χ0) is 13.0. The zero-order valence-electron chi connectivity index (χ0n) is 11.9. The molecule has 1 aliphatic heterocycles. The van der Waals surface area contributed by atoms with E-state index in [2.05, 4.69) is 44.3 Å². The molecule has 1 aromatic rings. The number of hydrogen-bond acceptors (Lipinski definition) is 2. The second kappa shape index (κ2) is 5.85. The third-order valence-electron chi connectivity index (χ3n) is 3.86. The summed E-state index contributed by atoms with van der Waals surface area (Å²) in [5, 5.41) is 3.49. The van der Waals surface area contributed by atoms with Crippen LogP contribution in [0.2, 0.25) is 0 Å². The lowest BCUT2D eigenvalue weighted by molar-refractivity contribution is 0.134. The summed E-state index contributed by atoms with van der Waals surface area (Å²) in [6.07, 6.45) is 2.38. The quantitative estimate of drug-likeness (QED) is 0.778. The van der Waals surface area contributed by atoms with Crippen LogP contribution in [0.1, 0.15) is 50.3 Å².